The van der Waals surface area contributed by atoms with Crippen molar-refractivity contribution in [3.63, 3.8) is 0 Å². The highest BCUT2D eigenvalue weighted by Gasteiger charge is 2.62. The van der Waals surface area contributed by atoms with Crippen LogP contribution in [0.4, 0.5) is 10.6 Å². The van der Waals surface area contributed by atoms with Crippen LogP contribution in [0.25, 0.3) is 10.9 Å². The summed E-state index contributed by atoms with van der Waals surface area (Å²) < 4.78 is 7.82. The average molecular weight is 432 g/mol. The Balaban J connectivity index is 1.24. The minimum atomic E-state index is -0.617. The van der Waals surface area contributed by atoms with E-state index in [-0.39, 0.29) is 18.0 Å². The van der Waals surface area contributed by atoms with E-state index in [1.165, 1.54) is 0 Å². The van der Waals surface area contributed by atoms with E-state index in [0.717, 1.165) is 16.7 Å². The number of piperazine rings is 1. The van der Waals surface area contributed by atoms with Crippen molar-refractivity contribution >= 4 is 28.7 Å². The number of aryl methyl sites for hydroxylation is 2. The highest BCUT2D eigenvalue weighted by molar-refractivity contribution is 5.99. The van der Waals surface area contributed by atoms with Crippen molar-refractivity contribution in [2.45, 2.75) is 18.6 Å². The maximum absolute atomic E-state index is 13.4. The number of amides is 2. The molecule has 1 spiro atoms. The van der Waals surface area contributed by atoms with Gasteiger partial charge in [-0.15, -0.1) is 0 Å². The molecule has 0 bridgehead atoms. The zero-order chi connectivity index (χ0) is 22.0. The number of para-hydroxylation sites is 1. The summed E-state index contributed by atoms with van der Waals surface area (Å²) in [5.41, 5.74) is 1.07. The lowest BCUT2D eigenvalue weighted by Gasteiger charge is -2.51. The first-order valence-electron chi connectivity index (χ1n) is 10.8. The number of benzene rings is 1. The molecule has 2 aromatic heterocycles. The smallest absolute Gasteiger partial charge is 0.411 e. The van der Waals surface area contributed by atoms with Gasteiger partial charge >= 0.3 is 6.09 Å². The normalized spacial score (nSPS) is 21.6. The van der Waals surface area contributed by atoms with Gasteiger partial charge in [0.25, 0.3) is 5.91 Å². The highest BCUT2D eigenvalue weighted by atomic mass is 16.6. The van der Waals surface area contributed by atoms with Crippen LogP contribution < -0.4 is 4.90 Å². The third-order valence-corrected chi connectivity index (χ3v) is 6.97. The zero-order valence-corrected chi connectivity index (χ0v) is 18.1. The van der Waals surface area contributed by atoms with Crippen molar-refractivity contribution in [2.24, 2.45) is 7.05 Å². The quantitative estimate of drug-likeness (QED) is 0.614. The van der Waals surface area contributed by atoms with Gasteiger partial charge < -0.3 is 19.1 Å². The molecule has 1 atom stereocenters. The Bertz CT molecular complexity index is 1250. The molecule has 9 heteroatoms. The van der Waals surface area contributed by atoms with E-state index in [1.54, 1.807) is 11.1 Å². The van der Waals surface area contributed by atoms with Crippen molar-refractivity contribution in [1.29, 1.82) is 0 Å². The van der Waals surface area contributed by atoms with Crippen LogP contribution >= 0.6 is 0 Å². The maximum atomic E-state index is 13.4. The summed E-state index contributed by atoms with van der Waals surface area (Å²) in [7, 11) is 1.92. The number of anilines is 1. The van der Waals surface area contributed by atoms with Crippen molar-refractivity contribution in [2.75, 3.05) is 37.6 Å². The number of carbonyl (C=O) groups excluding carboxylic acids is 2. The monoisotopic (exact) mass is 432 g/mol. The largest absolute Gasteiger partial charge is 0.437 e. The maximum Gasteiger partial charge on any atom is 0.411 e. The lowest BCUT2D eigenvalue weighted by atomic mass is 9.84. The second kappa shape index (κ2) is 6.69. The average Bonchev–Trinajstić information content (AvgIpc) is 3.27. The summed E-state index contributed by atoms with van der Waals surface area (Å²) in [5, 5.41) is 1.04. The summed E-state index contributed by atoms with van der Waals surface area (Å²) >= 11 is 0. The zero-order valence-electron chi connectivity index (χ0n) is 18.1. The molecule has 0 aliphatic carbocycles. The van der Waals surface area contributed by atoms with Gasteiger partial charge in [0.15, 0.2) is 5.60 Å². The number of carbonyl (C=O) groups is 2. The van der Waals surface area contributed by atoms with Gasteiger partial charge in [0.2, 0.25) is 0 Å². The fourth-order valence-electron chi connectivity index (χ4n) is 5.25. The second-order valence-electron chi connectivity index (χ2n) is 8.86. The van der Waals surface area contributed by atoms with Crippen molar-refractivity contribution in [3.8, 4) is 0 Å². The van der Waals surface area contributed by atoms with Gasteiger partial charge in [-0.1, -0.05) is 18.2 Å². The lowest BCUT2D eigenvalue weighted by molar-refractivity contribution is -0.00684. The molecule has 3 aliphatic heterocycles. The highest BCUT2D eigenvalue weighted by Crippen LogP contribution is 2.41. The molecule has 3 saturated heterocycles. The van der Waals surface area contributed by atoms with E-state index in [9.17, 15) is 9.59 Å². The Morgan fingerprint density at radius 2 is 2.00 bits per heavy atom. The molecule has 6 rings (SSSR count). The Labute approximate surface area is 185 Å². The molecule has 1 unspecified atom stereocenters. The Morgan fingerprint density at radius 3 is 2.78 bits per heavy atom. The predicted molar refractivity (Wildman–Crippen MR) is 118 cm³/mol. The molecule has 3 aliphatic rings. The molecule has 1 aromatic carbocycles. The summed E-state index contributed by atoms with van der Waals surface area (Å²) in [5.74, 6) is 1.52. The number of fused-ring (bicyclic) bond motifs is 3. The van der Waals surface area contributed by atoms with Gasteiger partial charge in [0.1, 0.15) is 17.3 Å². The number of rotatable bonds is 2. The number of hydrogen-bond acceptors (Lipinski definition) is 6. The summed E-state index contributed by atoms with van der Waals surface area (Å²) in [6.07, 6.45) is 1.45. The van der Waals surface area contributed by atoms with E-state index in [2.05, 4.69) is 14.9 Å². The molecule has 9 nitrogen and oxygen atoms in total. The fraction of sp³-hybridized carbons (Fsp3) is 0.391. The van der Waals surface area contributed by atoms with E-state index >= 15 is 0 Å². The number of ether oxygens (including phenoxy) is 1. The first kappa shape index (κ1) is 19.1. The lowest BCUT2D eigenvalue weighted by Crippen LogP contribution is -2.71. The minimum Gasteiger partial charge on any atom is -0.437 e. The molecule has 3 aromatic rings. The van der Waals surface area contributed by atoms with Crippen molar-refractivity contribution in [3.05, 3.63) is 54.1 Å². The van der Waals surface area contributed by atoms with Crippen LogP contribution in [0, 0.1) is 6.92 Å². The number of hydrogen-bond donors (Lipinski definition) is 0. The molecule has 0 N–H and O–H groups in total. The molecule has 2 amide bonds. The molecule has 0 radical (unpaired) electrons. The number of aromatic nitrogens is 3. The van der Waals surface area contributed by atoms with Gasteiger partial charge in [-0.25, -0.2) is 14.8 Å². The van der Waals surface area contributed by atoms with Crippen molar-refractivity contribution in [1.82, 2.24) is 24.3 Å². The molecule has 3 fully saturated rings. The SMILES string of the molecule is Cc1nccc(N2CC3(C2)OC(=O)N2CCN(C(=O)c4cc5ccccc5n4C)CC23)n1. The topological polar surface area (TPSA) is 83.8 Å². The van der Waals surface area contributed by atoms with E-state index in [0.29, 0.717) is 44.2 Å². The predicted octanol–water partition coefficient (Wildman–Crippen LogP) is 1.81. The standard InChI is InChI=1S/C23H24N6O3/c1-15-24-8-7-20(25-15)28-13-23(14-28)19-12-27(9-10-29(19)22(31)32-23)21(30)18-11-16-5-3-4-6-17(16)26(18)2/h3-8,11,19H,9-10,12-14H2,1-2H3. The Hall–Kier alpha value is -3.62. The second-order valence-corrected chi connectivity index (χ2v) is 8.86. The Morgan fingerprint density at radius 1 is 1.19 bits per heavy atom. The van der Waals surface area contributed by atoms with Gasteiger partial charge in [0, 0.05) is 43.8 Å². The van der Waals surface area contributed by atoms with Gasteiger partial charge in [0.05, 0.1) is 19.1 Å². The first-order valence-corrected chi connectivity index (χ1v) is 10.8. The fourth-order valence-corrected chi connectivity index (χ4v) is 5.25. The van der Waals surface area contributed by atoms with Gasteiger partial charge in [-0.2, -0.15) is 0 Å². The van der Waals surface area contributed by atoms with Crippen LogP contribution in [0.2, 0.25) is 0 Å². The molecule has 164 valence electrons. The van der Waals surface area contributed by atoms with Gasteiger partial charge in [-0.3, -0.25) is 9.69 Å². The molecule has 0 saturated carbocycles. The van der Waals surface area contributed by atoms with Crippen LogP contribution in [-0.4, -0.2) is 80.7 Å². The Kier molecular flexibility index (Phi) is 3.99. The summed E-state index contributed by atoms with van der Waals surface area (Å²) in [4.78, 5) is 40.4. The molecule has 5 heterocycles. The minimum absolute atomic E-state index is 0.0135. The summed E-state index contributed by atoms with van der Waals surface area (Å²) in [6.45, 7) is 4.42. The third-order valence-electron chi connectivity index (χ3n) is 6.97. The summed E-state index contributed by atoms with van der Waals surface area (Å²) in [6, 6.07) is 11.6. The van der Waals surface area contributed by atoms with Crippen LogP contribution in [0.5, 0.6) is 0 Å². The van der Waals surface area contributed by atoms with Crippen LogP contribution in [0.15, 0.2) is 42.6 Å². The molecular weight excluding hydrogens is 408 g/mol. The van der Waals surface area contributed by atoms with Crippen LogP contribution in [0.1, 0.15) is 16.3 Å². The number of nitrogens with zero attached hydrogens (tertiary/aromatic N) is 6. The van der Waals surface area contributed by atoms with E-state index in [1.807, 2.05) is 59.8 Å². The molecule has 32 heavy (non-hydrogen) atoms. The third kappa shape index (κ3) is 2.70. The van der Waals surface area contributed by atoms with E-state index < -0.39 is 5.60 Å². The van der Waals surface area contributed by atoms with Crippen LogP contribution in [0.3, 0.4) is 0 Å². The molecular formula is C23H24N6O3. The first-order chi connectivity index (χ1) is 15.4. The van der Waals surface area contributed by atoms with Gasteiger partial charge in [-0.05, 0) is 25.1 Å². The van der Waals surface area contributed by atoms with Crippen LogP contribution in [-0.2, 0) is 11.8 Å². The van der Waals surface area contributed by atoms with Crippen molar-refractivity contribution < 1.29 is 14.3 Å². The van der Waals surface area contributed by atoms with E-state index in [4.69, 9.17) is 4.74 Å².